The second-order valence-electron chi connectivity index (χ2n) is 9.81. The molecule has 0 saturated heterocycles. The maximum Gasteiger partial charge on any atom is 0.242 e. The Hall–Kier alpha value is -3.07. The number of nitrogens with one attached hydrogen (secondary N) is 1. The van der Waals surface area contributed by atoms with E-state index >= 15 is 0 Å². The number of hydrogen-bond acceptors (Lipinski definition) is 5. The molecule has 0 radical (unpaired) electrons. The lowest BCUT2D eigenvalue weighted by molar-refractivity contribution is -0.141. The van der Waals surface area contributed by atoms with Gasteiger partial charge < -0.3 is 15.0 Å². The Labute approximate surface area is 221 Å². The molecule has 9 heteroatoms. The van der Waals surface area contributed by atoms with Crippen LogP contribution in [-0.2, 0) is 26.2 Å². The normalized spacial score (nSPS) is 14.7. The minimum absolute atomic E-state index is 0.114. The molecule has 1 unspecified atom stereocenters. The Kier molecular flexibility index (Phi) is 9.97. The third-order valence-electron chi connectivity index (χ3n) is 6.83. The lowest BCUT2D eigenvalue weighted by Gasteiger charge is -2.30. The number of aryl methyl sites for hydroxylation is 1. The first-order valence-corrected chi connectivity index (χ1v) is 14.7. The van der Waals surface area contributed by atoms with Crippen LogP contribution < -0.4 is 14.4 Å². The maximum atomic E-state index is 13.4. The van der Waals surface area contributed by atoms with Crippen molar-refractivity contribution in [1.29, 1.82) is 0 Å². The molecular weight excluding hydrogens is 490 g/mol. The molecule has 0 spiro atoms. The number of rotatable bonds is 12. The topological polar surface area (TPSA) is 96.0 Å². The van der Waals surface area contributed by atoms with E-state index in [1.165, 1.54) is 10.6 Å². The quantitative estimate of drug-likeness (QED) is 0.448. The average molecular weight is 530 g/mol. The molecule has 0 aromatic heterocycles. The van der Waals surface area contributed by atoms with Gasteiger partial charge in [-0.25, -0.2) is 8.42 Å². The zero-order valence-electron chi connectivity index (χ0n) is 22.3. The summed E-state index contributed by atoms with van der Waals surface area (Å²) in [5.74, 6) is 0.310. The first-order valence-electron chi connectivity index (χ1n) is 12.9. The number of hydrogen-bond donors (Lipinski definition) is 1. The van der Waals surface area contributed by atoms with Crippen LogP contribution in [0.5, 0.6) is 5.75 Å². The number of amides is 2. The first-order chi connectivity index (χ1) is 17.6. The van der Waals surface area contributed by atoms with Crippen molar-refractivity contribution >= 4 is 27.5 Å². The van der Waals surface area contributed by atoms with Crippen molar-refractivity contribution in [1.82, 2.24) is 10.2 Å². The minimum atomic E-state index is -3.52. The van der Waals surface area contributed by atoms with Crippen molar-refractivity contribution in [2.24, 2.45) is 0 Å². The number of methoxy groups -OCH3 is 1. The highest BCUT2D eigenvalue weighted by atomic mass is 32.2. The van der Waals surface area contributed by atoms with E-state index in [2.05, 4.69) is 5.32 Å². The van der Waals surface area contributed by atoms with E-state index in [0.29, 0.717) is 17.9 Å². The van der Waals surface area contributed by atoms with Gasteiger partial charge >= 0.3 is 0 Å². The molecule has 37 heavy (non-hydrogen) atoms. The van der Waals surface area contributed by atoms with Crippen molar-refractivity contribution in [2.45, 2.75) is 71.0 Å². The summed E-state index contributed by atoms with van der Waals surface area (Å²) in [6.45, 7) is 4.11. The van der Waals surface area contributed by atoms with E-state index in [-0.39, 0.29) is 37.4 Å². The number of anilines is 1. The lowest BCUT2D eigenvalue weighted by atomic mass is 10.1. The number of sulfonamides is 1. The molecule has 1 aliphatic rings. The zero-order chi connectivity index (χ0) is 27.0. The van der Waals surface area contributed by atoms with E-state index in [1.807, 2.05) is 43.3 Å². The number of benzene rings is 2. The molecule has 202 valence electrons. The second kappa shape index (κ2) is 12.9. The molecule has 2 amide bonds. The third-order valence-corrected chi connectivity index (χ3v) is 8.02. The standard InChI is InChI=1S/C28H39N3O5S/c1-21-14-16-25(17-15-21)31(37(4,34)35)18-8-13-27(32)30(20-23-9-7-12-26(19-23)36-3)22(2)28(33)29-24-10-5-6-11-24/h7,9,12,14-17,19,22,24H,5-6,8,10-11,13,18,20H2,1-4H3,(H,29,33). The Balaban J connectivity index is 1.72. The molecule has 0 bridgehead atoms. The second-order valence-corrected chi connectivity index (χ2v) is 11.7. The van der Waals surface area contributed by atoms with Crippen LogP contribution in [0.2, 0.25) is 0 Å². The molecule has 8 nitrogen and oxygen atoms in total. The van der Waals surface area contributed by atoms with Gasteiger partial charge in [0.2, 0.25) is 21.8 Å². The first kappa shape index (κ1) is 28.5. The van der Waals surface area contributed by atoms with Gasteiger partial charge in [0.15, 0.2) is 0 Å². The van der Waals surface area contributed by atoms with E-state index in [1.54, 1.807) is 31.1 Å². The number of ether oxygens (including phenoxy) is 1. The van der Waals surface area contributed by atoms with Crippen LogP contribution in [0.15, 0.2) is 48.5 Å². The summed E-state index contributed by atoms with van der Waals surface area (Å²) in [4.78, 5) is 28.1. The molecule has 0 heterocycles. The van der Waals surface area contributed by atoms with Crippen LogP contribution in [0, 0.1) is 6.92 Å². The fourth-order valence-electron chi connectivity index (χ4n) is 4.66. The summed E-state index contributed by atoms with van der Waals surface area (Å²) in [5, 5.41) is 3.10. The van der Waals surface area contributed by atoms with Crippen LogP contribution in [0.25, 0.3) is 0 Å². The maximum absolute atomic E-state index is 13.4. The largest absolute Gasteiger partial charge is 0.497 e. The highest BCUT2D eigenvalue weighted by molar-refractivity contribution is 7.92. The van der Waals surface area contributed by atoms with Crippen molar-refractivity contribution in [3.8, 4) is 5.75 Å². The Bertz CT molecular complexity index is 1160. The third kappa shape index (κ3) is 8.21. The van der Waals surface area contributed by atoms with Gasteiger partial charge in [-0.2, -0.15) is 0 Å². The molecule has 2 aromatic rings. The van der Waals surface area contributed by atoms with Crippen LogP contribution in [0.4, 0.5) is 5.69 Å². The molecule has 1 atom stereocenters. The fourth-order valence-corrected chi connectivity index (χ4v) is 5.62. The van der Waals surface area contributed by atoms with E-state index in [4.69, 9.17) is 4.74 Å². The van der Waals surface area contributed by atoms with Gasteiger partial charge in [0.25, 0.3) is 0 Å². The van der Waals surface area contributed by atoms with Gasteiger partial charge in [-0.1, -0.05) is 42.7 Å². The van der Waals surface area contributed by atoms with Crippen molar-refractivity contribution in [3.63, 3.8) is 0 Å². The summed E-state index contributed by atoms with van der Waals surface area (Å²) in [7, 11) is -1.93. The number of nitrogens with zero attached hydrogens (tertiary/aromatic N) is 2. The fraction of sp³-hybridized carbons (Fsp3) is 0.500. The minimum Gasteiger partial charge on any atom is -0.497 e. The van der Waals surface area contributed by atoms with Gasteiger partial charge in [0, 0.05) is 25.6 Å². The Morgan fingerprint density at radius 3 is 2.41 bits per heavy atom. The van der Waals surface area contributed by atoms with Gasteiger partial charge in [0.05, 0.1) is 19.1 Å². The van der Waals surface area contributed by atoms with E-state index < -0.39 is 16.1 Å². The molecule has 1 fully saturated rings. The molecule has 1 aliphatic carbocycles. The molecule has 1 saturated carbocycles. The molecule has 3 rings (SSSR count). The summed E-state index contributed by atoms with van der Waals surface area (Å²) >= 11 is 0. The van der Waals surface area contributed by atoms with Crippen molar-refractivity contribution < 1.29 is 22.7 Å². The highest BCUT2D eigenvalue weighted by Crippen LogP contribution is 2.22. The number of carbonyl (C=O) groups excluding carboxylic acids is 2. The van der Waals surface area contributed by atoms with Crippen LogP contribution in [0.1, 0.15) is 56.6 Å². The van der Waals surface area contributed by atoms with E-state index in [9.17, 15) is 18.0 Å². The van der Waals surface area contributed by atoms with Gasteiger partial charge in [-0.3, -0.25) is 13.9 Å². The lowest BCUT2D eigenvalue weighted by Crippen LogP contribution is -2.49. The van der Waals surface area contributed by atoms with Crippen LogP contribution in [0.3, 0.4) is 0 Å². The number of carbonyl (C=O) groups is 2. The average Bonchev–Trinajstić information content (AvgIpc) is 3.38. The molecule has 0 aliphatic heterocycles. The Morgan fingerprint density at radius 2 is 1.78 bits per heavy atom. The van der Waals surface area contributed by atoms with Crippen molar-refractivity contribution in [2.75, 3.05) is 24.2 Å². The van der Waals surface area contributed by atoms with Gasteiger partial charge in [-0.05, 0) is 62.9 Å². The van der Waals surface area contributed by atoms with Crippen LogP contribution >= 0.6 is 0 Å². The smallest absolute Gasteiger partial charge is 0.242 e. The molecule has 2 aromatic carbocycles. The van der Waals surface area contributed by atoms with E-state index in [0.717, 1.165) is 36.8 Å². The predicted octanol–water partition coefficient (Wildman–Crippen LogP) is 4.03. The monoisotopic (exact) mass is 529 g/mol. The SMILES string of the molecule is COc1cccc(CN(C(=O)CCCN(c2ccc(C)cc2)S(C)(=O)=O)C(C)C(=O)NC2CCCC2)c1. The summed E-state index contributed by atoms with van der Waals surface area (Å²) in [5.41, 5.74) is 2.45. The van der Waals surface area contributed by atoms with Crippen molar-refractivity contribution in [3.05, 3.63) is 59.7 Å². The van der Waals surface area contributed by atoms with Crippen LogP contribution in [-0.4, -0.2) is 57.1 Å². The predicted molar refractivity (Wildman–Crippen MR) is 146 cm³/mol. The van der Waals surface area contributed by atoms with Gasteiger partial charge in [-0.15, -0.1) is 0 Å². The zero-order valence-corrected chi connectivity index (χ0v) is 23.1. The molecule has 1 N–H and O–H groups in total. The van der Waals surface area contributed by atoms with Gasteiger partial charge in [0.1, 0.15) is 11.8 Å². The summed E-state index contributed by atoms with van der Waals surface area (Å²) < 4.78 is 31.6. The summed E-state index contributed by atoms with van der Waals surface area (Å²) in [6.07, 6.45) is 5.73. The Morgan fingerprint density at radius 1 is 1.11 bits per heavy atom. The highest BCUT2D eigenvalue weighted by Gasteiger charge is 2.28. The molecular formula is C28H39N3O5S. The summed E-state index contributed by atoms with van der Waals surface area (Å²) in [6, 6.07) is 14.2.